The smallest absolute Gasteiger partial charge is 0.124 e. The van der Waals surface area contributed by atoms with Crippen LogP contribution in [0.5, 0.6) is 0 Å². The number of aromatic nitrogens is 2. The van der Waals surface area contributed by atoms with Gasteiger partial charge in [0.15, 0.2) is 0 Å². The van der Waals surface area contributed by atoms with Gasteiger partial charge in [-0.2, -0.15) is 0 Å². The van der Waals surface area contributed by atoms with E-state index < -0.39 is 6.10 Å². The number of aliphatic hydroxyl groups is 1. The number of aliphatic hydroxyl groups excluding tert-OH is 1. The highest BCUT2D eigenvalue weighted by Gasteiger charge is 2.15. The number of pyridine rings is 2. The maximum atomic E-state index is 10.3. The van der Waals surface area contributed by atoms with E-state index in [2.05, 4.69) is 9.97 Å². The maximum absolute atomic E-state index is 10.3. The molecule has 3 rings (SSSR count). The summed E-state index contributed by atoms with van der Waals surface area (Å²) in [6.07, 6.45) is 2.30. The first-order valence-corrected chi connectivity index (χ1v) is 5.99. The Bertz CT molecular complexity index is 727. The molecule has 0 bridgehead atoms. The Balaban J connectivity index is 2.07. The van der Waals surface area contributed by atoms with Crippen LogP contribution in [0.25, 0.3) is 10.9 Å². The molecule has 0 saturated carbocycles. The van der Waals surface area contributed by atoms with Crippen molar-refractivity contribution in [3.05, 3.63) is 66.1 Å². The van der Waals surface area contributed by atoms with E-state index in [-0.39, 0.29) is 0 Å². The lowest BCUT2D eigenvalue weighted by molar-refractivity contribution is 0.216. The van der Waals surface area contributed by atoms with Crippen LogP contribution in [0.3, 0.4) is 0 Å². The number of nitrogen functional groups attached to an aromatic ring is 1. The highest BCUT2D eigenvalue weighted by molar-refractivity contribution is 5.78. The lowest BCUT2D eigenvalue weighted by Gasteiger charge is -2.12. The SMILES string of the molecule is Nc1ccncc1C(O)c1ccc2ccccc2n1. The maximum Gasteiger partial charge on any atom is 0.124 e. The zero-order valence-corrected chi connectivity index (χ0v) is 10.2. The molecule has 0 aliphatic heterocycles. The Morgan fingerprint density at radius 2 is 1.89 bits per heavy atom. The lowest BCUT2D eigenvalue weighted by atomic mass is 10.1. The van der Waals surface area contributed by atoms with Crippen LogP contribution in [0.15, 0.2) is 54.9 Å². The number of benzene rings is 1. The molecule has 4 nitrogen and oxygen atoms in total. The van der Waals surface area contributed by atoms with E-state index >= 15 is 0 Å². The molecule has 1 unspecified atom stereocenters. The molecule has 0 aliphatic carbocycles. The van der Waals surface area contributed by atoms with Crippen molar-refractivity contribution in [1.82, 2.24) is 9.97 Å². The van der Waals surface area contributed by atoms with E-state index in [1.165, 1.54) is 0 Å². The number of fused-ring (bicyclic) bond motifs is 1. The average Bonchev–Trinajstić information content (AvgIpc) is 2.46. The van der Waals surface area contributed by atoms with Crippen molar-refractivity contribution in [2.75, 3.05) is 5.73 Å². The molecule has 0 saturated heterocycles. The largest absolute Gasteiger partial charge is 0.398 e. The summed E-state index contributed by atoms with van der Waals surface area (Å²) in [7, 11) is 0. The third-order valence-corrected chi connectivity index (χ3v) is 3.08. The summed E-state index contributed by atoms with van der Waals surface area (Å²) < 4.78 is 0. The second-order valence-electron chi connectivity index (χ2n) is 4.34. The van der Waals surface area contributed by atoms with E-state index in [0.29, 0.717) is 16.9 Å². The van der Waals surface area contributed by atoms with E-state index in [9.17, 15) is 5.11 Å². The van der Waals surface area contributed by atoms with Gasteiger partial charge in [0.25, 0.3) is 0 Å². The third kappa shape index (κ3) is 2.13. The van der Waals surface area contributed by atoms with E-state index in [1.54, 1.807) is 24.5 Å². The molecule has 3 N–H and O–H groups in total. The van der Waals surface area contributed by atoms with Gasteiger partial charge >= 0.3 is 0 Å². The fourth-order valence-electron chi connectivity index (χ4n) is 2.04. The molecule has 2 aromatic heterocycles. The first-order chi connectivity index (χ1) is 9.25. The molecule has 0 amide bonds. The summed E-state index contributed by atoms with van der Waals surface area (Å²) in [6, 6.07) is 13.2. The zero-order chi connectivity index (χ0) is 13.2. The van der Waals surface area contributed by atoms with Crippen molar-refractivity contribution >= 4 is 16.6 Å². The van der Waals surface area contributed by atoms with Gasteiger partial charge in [-0.25, -0.2) is 4.98 Å². The van der Waals surface area contributed by atoms with Crippen molar-refractivity contribution in [3.63, 3.8) is 0 Å². The van der Waals surface area contributed by atoms with E-state index in [1.807, 2.05) is 30.3 Å². The quantitative estimate of drug-likeness (QED) is 0.733. The number of nitrogens with zero attached hydrogens (tertiary/aromatic N) is 2. The van der Waals surface area contributed by atoms with Crippen LogP contribution in [-0.2, 0) is 0 Å². The Morgan fingerprint density at radius 3 is 2.74 bits per heavy atom. The Morgan fingerprint density at radius 1 is 1.05 bits per heavy atom. The number of rotatable bonds is 2. The molecule has 2 heterocycles. The van der Waals surface area contributed by atoms with Crippen LogP contribution in [0, 0.1) is 0 Å². The first-order valence-electron chi connectivity index (χ1n) is 5.99. The monoisotopic (exact) mass is 251 g/mol. The minimum atomic E-state index is -0.863. The predicted molar refractivity (Wildman–Crippen MR) is 74.5 cm³/mol. The highest BCUT2D eigenvalue weighted by Crippen LogP contribution is 2.25. The van der Waals surface area contributed by atoms with Crippen LogP contribution in [0.2, 0.25) is 0 Å². The third-order valence-electron chi connectivity index (χ3n) is 3.08. The Labute approximate surface area is 110 Å². The van der Waals surface area contributed by atoms with Crippen LogP contribution in [0.4, 0.5) is 5.69 Å². The summed E-state index contributed by atoms with van der Waals surface area (Å²) in [6.45, 7) is 0. The molecule has 3 aromatic rings. The summed E-state index contributed by atoms with van der Waals surface area (Å²) >= 11 is 0. The molecular formula is C15H13N3O. The molecule has 94 valence electrons. The van der Waals surface area contributed by atoms with Gasteiger partial charge in [-0.3, -0.25) is 4.98 Å². The van der Waals surface area contributed by atoms with Gasteiger partial charge < -0.3 is 10.8 Å². The number of hydrogen-bond donors (Lipinski definition) is 2. The molecule has 0 fully saturated rings. The molecule has 1 atom stereocenters. The van der Waals surface area contributed by atoms with Gasteiger partial charge in [-0.15, -0.1) is 0 Å². The van der Waals surface area contributed by atoms with Crippen LogP contribution >= 0.6 is 0 Å². The number of nitrogens with two attached hydrogens (primary N) is 1. The van der Waals surface area contributed by atoms with Crippen LogP contribution < -0.4 is 5.73 Å². The fraction of sp³-hybridized carbons (Fsp3) is 0.0667. The van der Waals surface area contributed by atoms with Gasteiger partial charge in [-0.1, -0.05) is 24.3 Å². The van der Waals surface area contributed by atoms with Crippen molar-refractivity contribution in [3.8, 4) is 0 Å². The second kappa shape index (κ2) is 4.66. The van der Waals surface area contributed by atoms with Crippen molar-refractivity contribution < 1.29 is 5.11 Å². The summed E-state index contributed by atoms with van der Waals surface area (Å²) in [5.74, 6) is 0. The van der Waals surface area contributed by atoms with Crippen LogP contribution in [-0.4, -0.2) is 15.1 Å². The Hall–Kier alpha value is -2.46. The summed E-state index contributed by atoms with van der Waals surface area (Å²) in [4.78, 5) is 8.45. The molecule has 0 aliphatic rings. The molecule has 1 aromatic carbocycles. The lowest BCUT2D eigenvalue weighted by Crippen LogP contribution is -2.06. The molecule has 4 heteroatoms. The zero-order valence-electron chi connectivity index (χ0n) is 10.2. The molecule has 0 spiro atoms. The van der Waals surface area contributed by atoms with Gasteiger partial charge in [0.2, 0.25) is 0 Å². The van der Waals surface area contributed by atoms with Gasteiger partial charge in [0.05, 0.1) is 11.2 Å². The summed E-state index contributed by atoms with van der Waals surface area (Å²) in [5.41, 5.74) is 8.35. The van der Waals surface area contributed by atoms with Gasteiger partial charge in [-0.05, 0) is 18.2 Å². The predicted octanol–water partition coefficient (Wildman–Crippen LogP) is 2.29. The number of para-hydroxylation sites is 1. The van der Waals surface area contributed by atoms with E-state index in [0.717, 1.165) is 10.9 Å². The molecule has 19 heavy (non-hydrogen) atoms. The minimum absolute atomic E-state index is 0.512. The van der Waals surface area contributed by atoms with Gasteiger partial charge in [0, 0.05) is 29.0 Å². The molecular weight excluding hydrogens is 238 g/mol. The standard InChI is InChI=1S/C15H13N3O/c16-12-7-8-17-9-11(12)15(19)14-6-5-10-3-1-2-4-13(10)18-14/h1-9,15,19H,(H2,16,17). The number of anilines is 1. The molecule has 0 radical (unpaired) electrons. The number of hydrogen-bond acceptors (Lipinski definition) is 4. The Kier molecular flexibility index (Phi) is 2.85. The minimum Gasteiger partial charge on any atom is -0.398 e. The fourth-order valence-corrected chi connectivity index (χ4v) is 2.04. The van der Waals surface area contributed by atoms with Crippen LogP contribution in [0.1, 0.15) is 17.4 Å². The topological polar surface area (TPSA) is 72.0 Å². The second-order valence-corrected chi connectivity index (χ2v) is 4.34. The normalized spacial score (nSPS) is 12.5. The van der Waals surface area contributed by atoms with E-state index in [4.69, 9.17) is 5.73 Å². The first kappa shape index (κ1) is 11.6. The van der Waals surface area contributed by atoms with Gasteiger partial charge in [0.1, 0.15) is 6.10 Å². The average molecular weight is 251 g/mol. The van der Waals surface area contributed by atoms with Crippen molar-refractivity contribution in [1.29, 1.82) is 0 Å². The summed E-state index contributed by atoms with van der Waals surface area (Å²) in [5, 5.41) is 11.4. The van der Waals surface area contributed by atoms with Crippen molar-refractivity contribution in [2.45, 2.75) is 6.10 Å². The highest BCUT2D eigenvalue weighted by atomic mass is 16.3. The van der Waals surface area contributed by atoms with Crippen molar-refractivity contribution in [2.24, 2.45) is 0 Å².